The fraction of sp³-hybridized carbons (Fsp3) is 0.368. The van der Waals surface area contributed by atoms with E-state index in [2.05, 4.69) is 4.72 Å². The van der Waals surface area contributed by atoms with Crippen molar-refractivity contribution in [3.8, 4) is 0 Å². The molecule has 150 valence electrons. The molecule has 0 saturated heterocycles. The number of carbonyl (C=O) groups excluding carboxylic acids is 2. The lowest BCUT2D eigenvalue weighted by Gasteiger charge is -2.29. The number of benzene rings is 1. The molecule has 28 heavy (non-hydrogen) atoms. The van der Waals surface area contributed by atoms with Gasteiger partial charge in [-0.15, -0.1) is 11.3 Å². The van der Waals surface area contributed by atoms with E-state index in [0.29, 0.717) is 17.8 Å². The second-order valence-electron chi connectivity index (χ2n) is 6.54. The van der Waals surface area contributed by atoms with Gasteiger partial charge in [-0.25, -0.2) is 17.9 Å². The third kappa shape index (κ3) is 5.40. The molecule has 2 aromatic rings. The zero-order valence-electron chi connectivity index (χ0n) is 15.5. The Hall–Kier alpha value is -2.23. The number of para-hydroxylation sites is 1. The first-order valence-electron chi connectivity index (χ1n) is 8.92. The van der Waals surface area contributed by atoms with E-state index in [0.717, 1.165) is 35.2 Å². The highest BCUT2D eigenvalue weighted by molar-refractivity contribution is 7.88. The van der Waals surface area contributed by atoms with E-state index in [1.165, 1.54) is 11.3 Å². The van der Waals surface area contributed by atoms with E-state index in [1.54, 1.807) is 17.0 Å². The molecule has 1 aliphatic rings. The van der Waals surface area contributed by atoms with Gasteiger partial charge in [0.2, 0.25) is 10.0 Å². The number of ether oxygens (including phenoxy) is 1. The Morgan fingerprint density at radius 2 is 2.00 bits per heavy atom. The SMILES string of the molecule is CS(=O)(=O)NCCc1ccc(C(=O)OCC(=O)N2CCCc3ccccc32)s1. The number of nitrogens with one attached hydrogen (secondary N) is 1. The van der Waals surface area contributed by atoms with Crippen LogP contribution in [0.1, 0.15) is 26.5 Å². The minimum Gasteiger partial charge on any atom is -0.451 e. The van der Waals surface area contributed by atoms with Gasteiger partial charge < -0.3 is 9.64 Å². The van der Waals surface area contributed by atoms with Gasteiger partial charge in [0.1, 0.15) is 4.88 Å². The van der Waals surface area contributed by atoms with Crippen LogP contribution in [0.3, 0.4) is 0 Å². The molecule has 2 heterocycles. The summed E-state index contributed by atoms with van der Waals surface area (Å²) in [6.07, 6.45) is 3.40. The molecule has 0 aliphatic carbocycles. The number of nitrogens with zero attached hydrogens (tertiary/aromatic N) is 1. The lowest BCUT2D eigenvalue weighted by molar-refractivity contribution is -0.121. The zero-order chi connectivity index (χ0) is 20.1. The fourth-order valence-electron chi connectivity index (χ4n) is 3.05. The van der Waals surface area contributed by atoms with Crippen LogP contribution in [-0.4, -0.2) is 46.2 Å². The van der Waals surface area contributed by atoms with Gasteiger partial charge in [0.25, 0.3) is 5.91 Å². The number of hydrogen-bond donors (Lipinski definition) is 1. The molecule has 0 unspecified atom stereocenters. The third-order valence-corrected chi connectivity index (χ3v) is 6.19. The molecular weight excluding hydrogens is 400 g/mol. The number of fused-ring (bicyclic) bond motifs is 1. The highest BCUT2D eigenvalue weighted by Crippen LogP contribution is 2.26. The normalized spacial score (nSPS) is 13.8. The first-order chi connectivity index (χ1) is 13.3. The van der Waals surface area contributed by atoms with Gasteiger partial charge in [-0.3, -0.25) is 4.79 Å². The van der Waals surface area contributed by atoms with Crippen molar-refractivity contribution in [3.63, 3.8) is 0 Å². The van der Waals surface area contributed by atoms with Crippen LogP contribution in [0.15, 0.2) is 36.4 Å². The van der Waals surface area contributed by atoms with Crippen LogP contribution >= 0.6 is 11.3 Å². The first kappa shape index (κ1) is 20.5. The molecule has 7 nitrogen and oxygen atoms in total. The van der Waals surface area contributed by atoms with Crippen molar-refractivity contribution in [2.75, 3.05) is 30.9 Å². The third-order valence-electron chi connectivity index (χ3n) is 4.34. The smallest absolute Gasteiger partial charge is 0.348 e. The molecule has 0 atom stereocenters. The molecular formula is C19H22N2O5S2. The van der Waals surface area contributed by atoms with Crippen molar-refractivity contribution in [2.24, 2.45) is 0 Å². The van der Waals surface area contributed by atoms with Gasteiger partial charge >= 0.3 is 5.97 Å². The van der Waals surface area contributed by atoms with Gasteiger partial charge in [-0.05, 0) is 43.0 Å². The van der Waals surface area contributed by atoms with Crippen molar-refractivity contribution in [3.05, 3.63) is 51.7 Å². The molecule has 0 bridgehead atoms. The molecule has 1 amide bonds. The van der Waals surface area contributed by atoms with Crippen molar-refractivity contribution in [1.29, 1.82) is 0 Å². The van der Waals surface area contributed by atoms with Gasteiger partial charge in [0, 0.05) is 23.7 Å². The number of aryl methyl sites for hydroxylation is 1. The Bertz CT molecular complexity index is 968. The van der Waals surface area contributed by atoms with E-state index in [1.807, 2.05) is 24.3 Å². The van der Waals surface area contributed by atoms with Gasteiger partial charge in [0.15, 0.2) is 6.61 Å². The largest absolute Gasteiger partial charge is 0.451 e. The van der Waals surface area contributed by atoms with E-state index in [9.17, 15) is 18.0 Å². The summed E-state index contributed by atoms with van der Waals surface area (Å²) < 4.78 is 29.8. The predicted octanol–water partition coefficient (Wildman–Crippen LogP) is 1.98. The van der Waals surface area contributed by atoms with Crippen LogP contribution in [0.2, 0.25) is 0 Å². The quantitative estimate of drug-likeness (QED) is 0.689. The Balaban J connectivity index is 1.53. The van der Waals surface area contributed by atoms with Gasteiger partial charge in [-0.1, -0.05) is 18.2 Å². The predicted molar refractivity (Wildman–Crippen MR) is 108 cm³/mol. The number of anilines is 1. The summed E-state index contributed by atoms with van der Waals surface area (Å²) in [5.41, 5.74) is 2.01. The van der Waals surface area contributed by atoms with Crippen LogP contribution in [0.25, 0.3) is 0 Å². The molecule has 0 fully saturated rings. The van der Waals surface area contributed by atoms with Crippen LogP contribution in [0.4, 0.5) is 5.69 Å². The minimum atomic E-state index is -3.23. The standard InChI is InChI=1S/C19H22N2O5S2/c1-28(24,25)20-11-10-15-8-9-17(27-15)19(23)26-13-18(22)21-12-4-6-14-5-2-3-7-16(14)21/h2-3,5,7-9,20H,4,6,10-13H2,1H3. The molecule has 3 rings (SSSR count). The number of carbonyl (C=O) groups is 2. The molecule has 1 aliphatic heterocycles. The number of amides is 1. The zero-order valence-corrected chi connectivity index (χ0v) is 17.1. The fourth-order valence-corrected chi connectivity index (χ4v) is 4.42. The Kier molecular flexibility index (Phi) is 6.48. The first-order valence-corrected chi connectivity index (χ1v) is 11.6. The van der Waals surface area contributed by atoms with Crippen LogP contribution < -0.4 is 9.62 Å². The van der Waals surface area contributed by atoms with E-state index in [4.69, 9.17) is 4.74 Å². The summed E-state index contributed by atoms with van der Waals surface area (Å²) in [4.78, 5) is 27.7. The molecule has 0 spiro atoms. The van der Waals surface area contributed by atoms with Crippen molar-refractivity contribution >= 4 is 38.9 Å². The molecule has 1 N–H and O–H groups in total. The lowest BCUT2D eigenvalue weighted by atomic mass is 10.0. The highest BCUT2D eigenvalue weighted by Gasteiger charge is 2.23. The Morgan fingerprint density at radius 1 is 1.21 bits per heavy atom. The maximum atomic E-state index is 12.5. The number of hydrogen-bond acceptors (Lipinski definition) is 6. The van der Waals surface area contributed by atoms with Crippen LogP contribution in [-0.2, 0) is 32.4 Å². The van der Waals surface area contributed by atoms with Crippen molar-refractivity contribution in [1.82, 2.24) is 4.72 Å². The Labute approximate surface area is 168 Å². The minimum absolute atomic E-state index is 0.241. The summed E-state index contributed by atoms with van der Waals surface area (Å²) in [5, 5.41) is 0. The average Bonchev–Trinajstić information content (AvgIpc) is 3.13. The van der Waals surface area contributed by atoms with Gasteiger partial charge in [-0.2, -0.15) is 0 Å². The molecule has 9 heteroatoms. The number of thiophene rings is 1. The summed E-state index contributed by atoms with van der Waals surface area (Å²) in [7, 11) is -3.23. The second-order valence-corrected chi connectivity index (χ2v) is 9.54. The lowest BCUT2D eigenvalue weighted by Crippen LogP contribution is -2.38. The second kappa shape index (κ2) is 8.85. The summed E-state index contributed by atoms with van der Waals surface area (Å²) in [6.45, 7) is 0.570. The highest BCUT2D eigenvalue weighted by atomic mass is 32.2. The van der Waals surface area contributed by atoms with Gasteiger partial charge in [0.05, 0.1) is 6.26 Å². The maximum absolute atomic E-state index is 12.5. The van der Waals surface area contributed by atoms with E-state index < -0.39 is 16.0 Å². The Morgan fingerprint density at radius 3 is 2.79 bits per heavy atom. The summed E-state index contributed by atoms with van der Waals surface area (Å²) in [5.74, 6) is -0.791. The van der Waals surface area contributed by atoms with Crippen molar-refractivity contribution < 1.29 is 22.7 Å². The molecule has 0 radical (unpaired) electrons. The molecule has 0 saturated carbocycles. The van der Waals surface area contributed by atoms with Crippen LogP contribution in [0.5, 0.6) is 0 Å². The summed E-state index contributed by atoms with van der Waals surface area (Å²) in [6, 6.07) is 11.1. The summed E-state index contributed by atoms with van der Waals surface area (Å²) >= 11 is 1.23. The number of esters is 1. The maximum Gasteiger partial charge on any atom is 0.348 e. The number of sulfonamides is 1. The van der Waals surface area contributed by atoms with E-state index in [-0.39, 0.29) is 19.1 Å². The average molecular weight is 423 g/mol. The van der Waals surface area contributed by atoms with Crippen molar-refractivity contribution in [2.45, 2.75) is 19.3 Å². The van der Waals surface area contributed by atoms with E-state index >= 15 is 0 Å². The topological polar surface area (TPSA) is 92.8 Å². The van der Waals surface area contributed by atoms with Crippen LogP contribution in [0, 0.1) is 0 Å². The number of rotatable bonds is 7. The molecule has 1 aromatic carbocycles. The molecule has 1 aromatic heterocycles. The monoisotopic (exact) mass is 422 g/mol.